The van der Waals surface area contributed by atoms with Gasteiger partial charge in [0.25, 0.3) is 5.91 Å². The van der Waals surface area contributed by atoms with Crippen LogP contribution in [0.3, 0.4) is 0 Å². The van der Waals surface area contributed by atoms with Crippen molar-refractivity contribution in [1.29, 1.82) is 0 Å². The number of halogens is 3. The first-order valence-electron chi connectivity index (χ1n) is 13.2. The summed E-state index contributed by atoms with van der Waals surface area (Å²) in [6.07, 6.45) is 6.62. The summed E-state index contributed by atoms with van der Waals surface area (Å²) in [6.45, 7) is 5.39. The molecule has 2 aromatic heterocycles. The van der Waals surface area contributed by atoms with E-state index in [9.17, 15) is 13.6 Å². The number of benzene rings is 2. The third kappa shape index (κ3) is 5.33. The lowest BCUT2D eigenvalue weighted by molar-refractivity contribution is -0.134. The predicted molar refractivity (Wildman–Crippen MR) is 153 cm³/mol. The molecule has 0 saturated carbocycles. The van der Waals surface area contributed by atoms with Crippen LogP contribution in [0.1, 0.15) is 64.3 Å². The van der Waals surface area contributed by atoms with Crippen LogP contribution in [0.5, 0.6) is 0 Å². The number of guanidine groups is 1. The Bertz CT molecular complexity index is 1580. The summed E-state index contributed by atoms with van der Waals surface area (Å²) >= 11 is 6.46. The molecule has 0 spiro atoms. The van der Waals surface area contributed by atoms with Crippen molar-refractivity contribution in [2.75, 3.05) is 0 Å². The Morgan fingerprint density at radius 2 is 1.80 bits per heavy atom. The maximum atomic E-state index is 14.5. The summed E-state index contributed by atoms with van der Waals surface area (Å²) in [4.78, 5) is 24.9. The van der Waals surface area contributed by atoms with E-state index in [0.29, 0.717) is 44.9 Å². The Kier molecular flexibility index (Phi) is 7.41. The van der Waals surface area contributed by atoms with Crippen LogP contribution in [-0.4, -0.2) is 41.3 Å². The first kappa shape index (κ1) is 28.4. The monoisotopic (exact) mass is 580 g/mol. The van der Waals surface area contributed by atoms with Gasteiger partial charge in [0.2, 0.25) is 0 Å². The molecule has 1 aliphatic heterocycles. The maximum absolute atomic E-state index is 14.5. The standard InChI is InChI=1S/C29H31ClF2N8O/c1-5-23(19-8-11-22(30)24(12-19)39-17-34-16-36-39)40-25(41)29(37-27(40)33,15-28(2,3)4)21-9-6-18(7-10-21)20-13-35-38(14-20)26(31)32/h6-14,16-17,23,26H,5,15H2,1-4H3,(H2,33,37)/t23-,29-/m1/s1. The summed E-state index contributed by atoms with van der Waals surface area (Å²) in [7, 11) is 0. The molecule has 2 N–H and O–H groups in total. The number of nitrogens with two attached hydrogens (primary N) is 1. The van der Waals surface area contributed by atoms with Gasteiger partial charge in [-0.1, -0.05) is 69.6 Å². The molecule has 2 atom stereocenters. The number of aliphatic imine (C=N–C) groups is 1. The number of rotatable bonds is 8. The Hall–Kier alpha value is -4.12. The molecule has 0 saturated heterocycles. The molecule has 2 aromatic carbocycles. The fourth-order valence-corrected chi connectivity index (χ4v) is 5.62. The fourth-order valence-electron chi connectivity index (χ4n) is 5.42. The highest BCUT2D eigenvalue weighted by Gasteiger charge is 2.52. The van der Waals surface area contributed by atoms with E-state index in [2.05, 4.69) is 15.2 Å². The maximum Gasteiger partial charge on any atom is 0.333 e. The molecule has 0 bridgehead atoms. The van der Waals surface area contributed by atoms with E-state index < -0.39 is 18.1 Å². The number of nitrogens with zero attached hydrogens (tertiary/aromatic N) is 7. The van der Waals surface area contributed by atoms with E-state index in [0.717, 1.165) is 5.56 Å². The van der Waals surface area contributed by atoms with Crippen molar-refractivity contribution >= 4 is 23.5 Å². The van der Waals surface area contributed by atoms with Gasteiger partial charge in [-0.05, 0) is 47.1 Å². The molecule has 1 amide bonds. The highest BCUT2D eigenvalue weighted by molar-refractivity contribution is 6.32. The van der Waals surface area contributed by atoms with Crippen molar-refractivity contribution in [3.8, 4) is 16.8 Å². The lowest BCUT2D eigenvalue weighted by atomic mass is 9.75. The second-order valence-electron chi connectivity index (χ2n) is 11.3. The Morgan fingerprint density at radius 3 is 2.39 bits per heavy atom. The number of hydrogen-bond donors (Lipinski definition) is 1. The number of alkyl halides is 2. The third-order valence-electron chi connectivity index (χ3n) is 7.13. The molecular weight excluding hydrogens is 550 g/mol. The van der Waals surface area contributed by atoms with Gasteiger partial charge < -0.3 is 5.73 Å². The quantitative estimate of drug-likeness (QED) is 0.270. The van der Waals surface area contributed by atoms with Gasteiger partial charge in [0, 0.05) is 11.8 Å². The molecule has 4 aromatic rings. The summed E-state index contributed by atoms with van der Waals surface area (Å²) in [6, 6.07) is 12.3. The van der Waals surface area contributed by atoms with Gasteiger partial charge in [-0.15, -0.1) is 0 Å². The van der Waals surface area contributed by atoms with Crippen LogP contribution >= 0.6 is 11.6 Å². The van der Waals surface area contributed by atoms with E-state index in [-0.39, 0.29) is 17.3 Å². The topological polar surface area (TPSA) is 107 Å². The normalized spacial score (nSPS) is 18.3. The highest BCUT2D eigenvalue weighted by Crippen LogP contribution is 2.45. The second kappa shape index (κ2) is 10.7. The average Bonchev–Trinajstić information content (AvgIpc) is 3.67. The smallest absolute Gasteiger partial charge is 0.333 e. The van der Waals surface area contributed by atoms with Crippen LogP contribution in [0.4, 0.5) is 8.78 Å². The van der Waals surface area contributed by atoms with Crippen molar-refractivity contribution in [1.82, 2.24) is 29.4 Å². The molecule has 9 nitrogen and oxygen atoms in total. The predicted octanol–water partition coefficient (Wildman–Crippen LogP) is 6.12. The Morgan fingerprint density at radius 1 is 1.07 bits per heavy atom. The minimum atomic E-state index is -2.73. The van der Waals surface area contributed by atoms with Crippen LogP contribution < -0.4 is 5.73 Å². The van der Waals surface area contributed by atoms with Crippen molar-refractivity contribution < 1.29 is 13.6 Å². The van der Waals surface area contributed by atoms with Gasteiger partial charge in [-0.3, -0.25) is 9.69 Å². The van der Waals surface area contributed by atoms with E-state index >= 15 is 0 Å². The first-order chi connectivity index (χ1) is 19.4. The summed E-state index contributed by atoms with van der Waals surface area (Å²) < 4.78 is 28.2. The lowest BCUT2D eigenvalue weighted by Gasteiger charge is -2.34. The largest absolute Gasteiger partial charge is 0.369 e. The highest BCUT2D eigenvalue weighted by atomic mass is 35.5. The van der Waals surface area contributed by atoms with E-state index in [1.807, 2.05) is 52.0 Å². The minimum absolute atomic E-state index is 0.130. The molecule has 0 fully saturated rings. The van der Waals surface area contributed by atoms with Gasteiger partial charge in [-0.25, -0.2) is 19.3 Å². The molecule has 12 heteroatoms. The van der Waals surface area contributed by atoms with Gasteiger partial charge >= 0.3 is 6.55 Å². The minimum Gasteiger partial charge on any atom is -0.369 e. The van der Waals surface area contributed by atoms with E-state index in [4.69, 9.17) is 22.3 Å². The van der Waals surface area contributed by atoms with Crippen molar-refractivity contribution in [3.05, 3.63) is 83.7 Å². The van der Waals surface area contributed by atoms with Crippen LogP contribution in [0, 0.1) is 5.41 Å². The zero-order chi connectivity index (χ0) is 29.5. The Labute approximate surface area is 241 Å². The van der Waals surface area contributed by atoms with Crippen LogP contribution in [0.25, 0.3) is 16.8 Å². The molecule has 0 unspecified atom stereocenters. The zero-order valence-electron chi connectivity index (χ0n) is 23.2. The first-order valence-corrected chi connectivity index (χ1v) is 13.6. The van der Waals surface area contributed by atoms with E-state index in [1.54, 1.807) is 34.1 Å². The molecule has 5 rings (SSSR count). The number of aromatic nitrogens is 5. The molecule has 41 heavy (non-hydrogen) atoms. The van der Waals surface area contributed by atoms with E-state index in [1.165, 1.54) is 18.7 Å². The summed E-state index contributed by atoms with van der Waals surface area (Å²) in [5.74, 6) is -0.0991. The number of carbonyl (C=O) groups is 1. The van der Waals surface area contributed by atoms with Crippen LogP contribution in [-0.2, 0) is 10.3 Å². The molecule has 3 heterocycles. The SMILES string of the molecule is CC[C@H](c1ccc(Cl)c(-n2cncn2)c1)N1C(=O)[C@@](CC(C)(C)C)(c2ccc(-c3cnn(C(F)F)c3)cc2)N=C1N. The van der Waals surface area contributed by atoms with Gasteiger partial charge in [0.1, 0.15) is 12.7 Å². The Balaban J connectivity index is 1.53. The molecule has 1 aliphatic rings. The lowest BCUT2D eigenvalue weighted by Crippen LogP contribution is -2.46. The van der Waals surface area contributed by atoms with Crippen molar-refractivity contribution in [3.63, 3.8) is 0 Å². The summed E-state index contributed by atoms with van der Waals surface area (Å²) in [5.41, 5.74) is 8.37. The molecule has 0 aliphatic carbocycles. The zero-order valence-corrected chi connectivity index (χ0v) is 23.9. The van der Waals surface area contributed by atoms with Crippen LogP contribution in [0.15, 0.2) is 72.5 Å². The summed E-state index contributed by atoms with van der Waals surface area (Å²) in [5, 5.41) is 8.40. The van der Waals surface area contributed by atoms with Gasteiger partial charge in [-0.2, -0.15) is 19.0 Å². The number of carbonyl (C=O) groups excluding carboxylic acids is 1. The van der Waals surface area contributed by atoms with Gasteiger partial charge in [0.15, 0.2) is 11.5 Å². The third-order valence-corrected chi connectivity index (χ3v) is 7.45. The molecule has 0 radical (unpaired) electrons. The number of amides is 1. The average molecular weight is 581 g/mol. The van der Waals surface area contributed by atoms with Crippen LogP contribution in [0.2, 0.25) is 5.02 Å². The van der Waals surface area contributed by atoms with Gasteiger partial charge in [0.05, 0.1) is 22.9 Å². The number of hydrogen-bond acceptors (Lipinski definition) is 6. The second-order valence-corrected chi connectivity index (χ2v) is 11.7. The molecule has 214 valence electrons. The fraction of sp³-hybridized carbons (Fsp3) is 0.345. The molecular formula is C29H31ClF2N8O. The van der Waals surface area contributed by atoms with Crippen molar-refractivity contribution in [2.24, 2.45) is 16.1 Å². The van der Waals surface area contributed by atoms with Crippen molar-refractivity contribution in [2.45, 2.75) is 58.7 Å².